The van der Waals surface area contributed by atoms with Gasteiger partial charge in [-0.25, -0.2) is 4.98 Å². The zero-order valence-corrected chi connectivity index (χ0v) is 14.1. The van der Waals surface area contributed by atoms with E-state index in [4.69, 9.17) is 16.3 Å². The van der Waals surface area contributed by atoms with Gasteiger partial charge in [-0.2, -0.15) is 0 Å². The Kier molecular flexibility index (Phi) is 4.36. The van der Waals surface area contributed by atoms with E-state index in [1.807, 2.05) is 41.1 Å². The molecule has 2 aromatic heterocycles. The van der Waals surface area contributed by atoms with Crippen molar-refractivity contribution in [3.63, 3.8) is 0 Å². The number of methoxy groups -OCH3 is 1. The van der Waals surface area contributed by atoms with Gasteiger partial charge in [-0.15, -0.1) is 11.3 Å². The molecule has 2 heterocycles. The van der Waals surface area contributed by atoms with Crippen molar-refractivity contribution < 1.29 is 9.53 Å². The molecule has 3 rings (SSSR count). The first-order chi connectivity index (χ1) is 11.1. The molecule has 1 N–H and O–H groups in total. The van der Waals surface area contributed by atoms with Crippen molar-refractivity contribution in [3.05, 3.63) is 52.3 Å². The molecule has 0 bridgehead atoms. The minimum atomic E-state index is -0.268. The Morgan fingerprint density at radius 3 is 3.09 bits per heavy atom. The molecule has 0 fully saturated rings. The number of aromatic nitrogens is 2. The first-order valence-electron chi connectivity index (χ1n) is 6.83. The van der Waals surface area contributed by atoms with E-state index in [1.165, 1.54) is 17.4 Å². The fourth-order valence-corrected chi connectivity index (χ4v) is 3.18. The molecule has 0 spiro atoms. The highest BCUT2D eigenvalue weighted by Crippen LogP contribution is 2.25. The lowest BCUT2D eigenvalue weighted by atomic mass is 10.2. The van der Waals surface area contributed by atoms with E-state index >= 15 is 0 Å². The topological polar surface area (TPSA) is 55.6 Å². The summed E-state index contributed by atoms with van der Waals surface area (Å²) in [7, 11) is 1.56. The molecule has 1 aromatic carbocycles. The van der Waals surface area contributed by atoms with Crippen molar-refractivity contribution in [2.24, 2.45) is 0 Å². The number of halogens is 1. The standard InChI is InChI=1S/C16H14ClN3O2S/c1-10-3-5-13(22-2)11(9-10)18-14(21)6-4-12-15(17)19-16-20(12)7-8-23-16/h3-9H,1-2H3,(H,18,21)/b6-4+. The van der Waals surface area contributed by atoms with Crippen molar-refractivity contribution >= 4 is 45.6 Å². The van der Waals surface area contributed by atoms with Crippen molar-refractivity contribution in [2.75, 3.05) is 12.4 Å². The van der Waals surface area contributed by atoms with Crippen LogP contribution in [-0.4, -0.2) is 22.4 Å². The SMILES string of the molecule is COc1ccc(C)cc1NC(=O)/C=C/c1c(Cl)nc2sccn12. The largest absolute Gasteiger partial charge is 0.495 e. The normalized spacial score (nSPS) is 11.3. The number of hydrogen-bond donors (Lipinski definition) is 1. The van der Waals surface area contributed by atoms with Crippen molar-refractivity contribution in [1.82, 2.24) is 9.38 Å². The fourth-order valence-electron chi connectivity index (χ4n) is 2.17. The van der Waals surface area contributed by atoms with Crippen LogP contribution < -0.4 is 10.1 Å². The third kappa shape index (κ3) is 3.23. The maximum atomic E-state index is 12.1. The first kappa shape index (κ1) is 15.6. The number of amides is 1. The molecule has 0 aliphatic carbocycles. The van der Waals surface area contributed by atoms with E-state index < -0.39 is 0 Å². The molecule has 118 valence electrons. The van der Waals surface area contributed by atoms with E-state index in [-0.39, 0.29) is 5.91 Å². The van der Waals surface area contributed by atoms with Crippen molar-refractivity contribution in [2.45, 2.75) is 6.92 Å². The van der Waals surface area contributed by atoms with Crippen LogP contribution in [0.5, 0.6) is 5.75 Å². The number of fused-ring (bicyclic) bond motifs is 1. The highest BCUT2D eigenvalue weighted by Gasteiger charge is 2.10. The number of aryl methyl sites for hydroxylation is 1. The Morgan fingerprint density at radius 1 is 1.48 bits per heavy atom. The molecule has 0 saturated heterocycles. The molecule has 1 amide bonds. The van der Waals surface area contributed by atoms with Crippen LogP contribution in [0.1, 0.15) is 11.3 Å². The number of anilines is 1. The number of carbonyl (C=O) groups is 1. The summed E-state index contributed by atoms with van der Waals surface area (Å²) in [4.78, 5) is 17.2. The molecule has 0 aliphatic heterocycles. The number of nitrogens with one attached hydrogen (secondary N) is 1. The summed E-state index contributed by atoms with van der Waals surface area (Å²) in [5.74, 6) is 0.343. The Hall–Kier alpha value is -2.31. The zero-order valence-electron chi connectivity index (χ0n) is 12.5. The van der Waals surface area contributed by atoms with Gasteiger partial charge in [-0.3, -0.25) is 9.20 Å². The minimum Gasteiger partial charge on any atom is -0.495 e. The Bertz CT molecular complexity index is 898. The summed E-state index contributed by atoms with van der Waals surface area (Å²) in [6.07, 6.45) is 4.93. The van der Waals surface area contributed by atoms with Gasteiger partial charge in [0.2, 0.25) is 5.91 Å². The molecule has 0 atom stereocenters. The molecule has 3 aromatic rings. The molecule has 7 heteroatoms. The van der Waals surface area contributed by atoms with Crippen LogP contribution in [0.25, 0.3) is 11.0 Å². The molecule has 0 radical (unpaired) electrons. The number of hydrogen-bond acceptors (Lipinski definition) is 4. The van der Waals surface area contributed by atoms with E-state index in [1.54, 1.807) is 13.2 Å². The second kappa shape index (κ2) is 6.44. The Labute approximate surface area is 142 Å². The van der Waals surface area contributed by atoms with Gasteiger partial charge < -0.3 is 10.1 Å². The molecule has 5 nitrogen and oxygen atoms in total. The average Bonchev–Trinajstić information content (AvgIpc) is 3.06. The van der Waals surface area contributed by atoms with Gasteiger partial charge in [-0.05, 0) is 30.7 Å². The van der Waals surface area contributed by atoms with Crippen molar-refractivity contribution in [3.8, 4) is 5.75 Å². The predicted octanol–water partition coefficient (Wildman–Crippen LogP) is 4.02. The molecule has 0 aliphatic rings. The number of rotatable bonds is 4. The second-order valence-electron chi connectivity index (χ2n) is 4.87. The van der Waals surface area contributed by atoms with Gasteiger partial charge in [0.05, 0.1) is 18.5 Å². The monoisotopic (exact) mass is 347 g/mol. The summed E-state index contributed by atoms with van der Waals surface area (Å²) in [5, 5.41) is 5.09. The Morgan fingerprint density at radius 2 is 2.30 bits per heavy atom. The summed E-state index contributed by atoms with van der Waals surface area (Å²) >= 11 is 7.58. The second-order valence-corrected chi connectivity index (χ2v) is 6.10. The highest BCUT2D eigenvalue weighted by atomic mass is 35.5. The fraction of sp³-hybridized carbons (Fsp3) is 0.125. The molecule has 23 heavy (non-hydrogen) atoms. The van der Waals surface area contributed by atoms with Crippen molar-refractivity contribution in [1.29, 1.82) is 0 Å². The maximum absolute atomic E-state index is 12.1. The maximum Gasteiger partial charge on any atom is 0.248 e. The van der Waals surface area contributed by atoms with Crippen LogP contribution in [0, 0.1) is 6.92 Å². The number of benzene rings is 1. The third-order valence-electron chi connectivity index (χ3n) is 3.26. The summed E-state index contributed by atoms with van der Waals surface area (Å²) in [6.45, 7) is 1.95. The van der Waals surface area contributed by atoms with Gasteiger partial charge in [0, 0.05) is 17.7 Å². The number of thiazole rings is 1. The quantitative estimate of drug-likeness (QED) is 0.725. The summed E-state index contributed by atoms with van der Waals surface area (Å²) in [6, 6.07) is 5.59. The lowest BCUT2D eigenvalue weighted by molar-refractivity contribution is -0.111. The molecule has 0 unspecified atom stereocenters. The zero-order chi connectivity index (χ0) is 16.4. The average molecular weight is 348 g/mol. The van der Waals surface area contributed by atoms with Crippen LogP contribution >= 0.6 is 22.9 Å². The van der Waals surface area contributed by atoms with Crippen LogP contribution in [0.2, 0.25) is 5.15 Å². The smallest absolute Gasteiger partial charge is 0.248 e. The van der Waals surface area contributed by atoms with Gasteiger partial charge in [-0.1, -0.05) is 17.7 Å². The molecular formula is C16H14ClN3O2S. The van der Waals surface area contributed by atoms with Crippen LogP contribution in [0.15, 0.2) is 35.9 Å². The lowest BCUT2D eigenvalue weighted by Crippen LogP contribution is -2.09. The highest BCUT2D eigenvalue weighted by molar-refractivity contribution is 7.15. The number of carbonyl (C=O) groups excluding carboxylic acids is 1. The first-order valence-corrected chi connectivity index (χ1v) is 8.09. The van der Waals surface area contributed by atoms with E-state index in [0.717, 1.165) is 10.5 Å². The minimum absolute atomic E-state index is 0.268. The van der Waals surface area contributed by atoms with Gasteiger partial charge in [0.1, 0.15) is 5.75 Å². The van der Waals surface area contributed by atoms with Crippen LogP contribution in [0.3, 0.4) is 0 Å². The van der Waals surface area contributed by atoms with E-state index in [2.05, 4.69) is 10.3 Å². The summed E-state index contributed by atoms with van der Waals surface area (Å²) < 4.78 is 7.08. The van der Waals surface area contributed by atoms with Crippen LogP contribution in [0.4, 0.5) is 5.69 Å². The predicted molar refractivity (Wildman–Crippen MR) is 93.5 cm³/mol. The van der Waals surface area contributed by atoms with E-state index in [0.29, 0.717) is 22.3 Å². The number of imidazole rings is 1. The Balaban J connectivity index is 1.81. The molecular weight excluding hydrogens is 334 g/mol. The van der Waals surface area contributed by atoms with Crippen LogP contribution in [-0.2, 0) is 4.79 Å². The van der Waals surface area contributed by atoms with E-state index in [9.17, 15) is 4.79 Å². The molecule has 0 saturated carbocycles. The summed E-state index contributed by atoms with van der Waals surface area (Å²) in [5.41, 5.74) is 2.33. The lowest BCUT2D eigenvalue weighted by Gasteiger charge is -2.09. The van der Waals surface area contributed by atoms with Gasteiger partial charge >= 0.3 is 0 Å². The van der Waals surface area contributed by atoms with Gasteiger partial charge in [0.25, 0.3) is 0 Å². The number of nitrogens with zero attached hydrogens (tertiary/aromatic N) is 2. The van der Waals surface area contributed by atoms with Gasteiger partial charge in [0.15, 0.2) is 10.1 Å². The number of ether oxygens (including phenoxy) is 1. The third-order valence-corrected chi connectivity index (χ3v) is 4.29.